The molecule has 2 N–H and O–H groups in total. The van der Waals surface area contributed by atoms with E-state index in [0.717, 1.165) is 17.1 Å². The second kappa shape index (κ2) is 10.5. The van der Waals surface area contributed by atoms with Gasteiger partial charge in [-0.3, -0.25) is 9.89 Å². The van der Waals surface area contributed by atoms with Crippen LogP contribution in [0.5, 0.6) is 0 Å². The monoisotopic (exact) mass is 348 g/mol. The Bertz CT molecular complexity index is 617. The minimum atomic E-state index is -0.248. The van der Waals surface area contributed by atoms with E-state index >= 15 is 0 Å². The van der Waals surface area contributed by atoms with Crippen LogP contribution in [-0.4, -0.2) is 36.5 Å². The first-order valence-electron chi connectivity index (χ1n) is 8.74. The Labute approximate surface area is 150 Å². The van der Waals surface area contributed by atoms with Crippen LogP contribution in [0, 0.1) is 0 Å². The third-order valence-corrected chi connectivity index (χ3v) is 3.78. The number of likely N-dealkylation sites (N-methyl/N-ethyl adjacent to an activating group) is 1. The van der Waals surface area contributed by atoms with Crippen molar-refractivity contribution in [1.82, 2.24) is 15.5 Å². The number of nitrogens with zero attached hydrogens (tertiary/aromatic N) is 2. The van der Waals surface area contributed by atoms with Gasteiger partial charge in [0, 0.05) is 13.5 Å². The molecule has 2 rings (SSSR count). The number of amidine groups is 1. The van der Waals surface area contributed by atoms with Gasteiger partial charge in [-0.2, -0.15) is 0 Å². The summed E-state index contributed by atoms with van der Waals surface area (Å²) in [6.07, 6.45) is 9.78. The Morgan fingerprint density at radius 3 is 2.76 bits per heavy atom. The number of aliphatic imine (C=N–C) groups is 1. The van der Waals surface area contributed by atoms with Gasteiger partial charge >= 0.3 is 6.03 Å². The fourth-order valence-electron chi connectivity index (χ4n) is 2.52. The van der Waals surface area contributed by atoms with Gasteiger partial charge in [0.05, 0.1) is 18.1 Å². The zero-order chi connectivity index (χ0) is 18.8. The van der Waals surface area contributed by atoms with Gasteiger partial charge in [-0.25, -0.2) is 9.18 Å². The number of allylic oxidation sites excluding steroid dienone is 6. The van der Waals surface area contributed by atoms with E-state index in [1.807, 2.05) is 39.0 Å². The van der Waals surface area contributed by atoms with Crippen molar-refractivity contribution in [3.63, 3.8) is 0 Å². The number of urea groups is 1. The second-order valence-electron chi connectivity index (χ2n) is 5.40. The van der Waals surface area contributed by atoms with Crippen LogP contribution in [0.25, 0.3) is 0 Å². The molecule has 0 radical (unpaired) electrons. The molecule has 2 heterocycles. The summed E-state index contributed by atoms with van der Waals surface area (Å²) < 4.78 is 13.4. The lowest BCUT2D eigenvalue weighted by atomic mass is 10.1. The van der Waals surface area contributed by atoms with Gasteiger partial charge in [0.15, 0.2) is 0 Å². The summed E-state index contributed by atoms with van der Waals surface area (Å²) in [7, 11) is 1.74. The van der Waals surface area contributed by atoms with Crippen molar-refractivity contribution in [2.45, 2.75) is 46.7 Å². The zero-order valence-electron chi connectivity index (χ0n) is 15.8. The standard InChI is InChI=1S/C17H23FN4O.C2H6/c1-4-6-12(11-13(18)5-2)7-8-15-19-10-9-14-16(20-15)21-17(23)22(14)3;1-2/h4-6,9,11,16H,7-8,10H2,1-3H3,(H,19,20)(H,21,23);1-2H3/b6-4-,12-11+,13-5+;. The van der Waals surface area contributed by atoms with Gasteiger partial charge in [-0.05, 0) is 38.0 Å². The Morgan fingerprint density at radius 2 is 2.12 bits per heavy atom. The molecule has 1 unspecified atom stereocenters. The van der Waals surface area contributed by atoms with Gasteiger partial charge in [0.25, 0.3) is 0 Å². The van der Waals surface area contributed by atoms with Crippen LogP contribution in [0.15, 0.2) is 52.5 Å². The van der Waals surface area contributed by atoms with Crippen LogP contribution >= 0.6 is 0 Å². The molecule has 6 heteroatoms. The number of halogens is 1. The van der Waals surface area contributed by atoms with E-state index in [2.05, 4.69) is 15.6 Å². The molecule has 0 aromatic heterocycles. The third-order valence-electron chi connectivity index (χ3n) is 3.78. The number of amides is 2. The van der Waals surface area contributed by atoms with Crippen molar-refractivity contribution in [2.75, 3.05) is 13.6 Å². The SMILES string of the molecule is CC.C\C=C/C(=C\C(F)=C/C)CCC1=NCC=C2C(NC(=O)N2C)N1. The number of nitrogens with one attached hydrogen (secondary N) is 2. The normalized spacial score (nSPS) is 20.8. The van der Waals surface area contributed by atoms with Gasteiger partial charge in [-0.1, -0.05) is 32.1 Å². The van der Waals surface area contributed by atoms with E-state index in [0.29, 0.717) is 19.4 Å². The first-order chi connectivity index (χ1) is 12.0. The first-order valence-corrected chi connectivity index (χ1v) is 8.74. The van der Waals surface area contributed by atoms with Crippen LogP contribution in [0.1, 0.15) is 40.5 Å². The molecule has 2 amide bonds. The summed E-state index contributed by atoms with van der Waals surface area (Å²) >= 11 is 0. The summed E-state index contributed by atoms with van der Waals surface area (Å²) in [5, 5.41) is 6.11. The largest absolute Gasteiger partial charge is 0.349 e. The number of carbonyl (C=O) groups excluding carboxylic acids is 1. The second-order valence-corrected chi connectivity index (χ2v) is 5.40. The third kappa shape index (κ3) is 5.89. The number of rotatable bonds is 5. The summed E-state index contributed by atoms with van der Waals surface area (Å²) in [5.41, 5.74) is 1.79. The molecule has 0 saturated carbocycles. The number of carbonyl (C=O) groups is 1. The predicted octanol–water partition coefficient (Wildman–Crippen LogP) is 4.04. The molecule has 0 bridgehead atoms. The Kier molecular flexibility index (Phi) is 8.67. The minimum Gasteiger partial charge on any atom is -0.349 e. The Balaban J connectivity index is 0.00000151. The van der Waals surface area contributed by atoms with E-state index in [-0.39, 0.29) is 18.0 Å². The van der Waals surface area contributed by atoms with Crippen LogP contribution < -0.4 is 10.6 Å². The van der Waals surface area contributed by atoms with E-state index in [1.54, 1.807) is 18.9 Å². The molecule has 0 aromatic carbocycles. The lowest BCUT2D eigenvalue weighted by Gasteiger charge is -2.16. The molecule has 138 valence electrons. The molecule has 2 aliphatic rings. The maximum atomic E-state index is 13.4. The maximum Gasteiger partial charge on any atom is 0.323 e. The van der Waals surface area contributed by atoms with Crippen molar-refractivity contribution in [3.05, 3.63) is 47.5 Å². The summed E-state index contributed by atoms with van der Waals surface area (Å²) in [6.45, 7) is 8.10. The zero-order valence-corrected chi connectivity index (χ0v) is 15.8. The minimum absolute atomic E-state index is 0.125. The van der Waals surface area contributed by atoms with Crippen molar-refractivity contribution < 1.29 is 9.18 Å². The topological polar surface area (TPSA) is 56.7 Å². The molecule has 1 atom stereocenters. The van der Waals surface area contributed by atoms with Crippen molar-refractivity contribution in [3.8, 4) is 0 Å². The van der Waals surface area contributed by atoms with Crippen LogP contribution in [0.3, 0.4) is 0 Å². The molecular formula is C19H29FN4O. The molecule has 1 saturated heterocycles. The van der Waals surface area contributed by atoms with Crippen molar-refractivity contribution in [2.24, 2.45) is 4.99 Å². The van der Waals surface area contributed by atoms with Gasteiger partial charge < -0.3 is 10.6 Å². The first kappa shape index (κ1) is 20.7. The Morgan fingerprint density at radius 1 is 1.40 bits per heavy atom. The summed E-state index contributed by atoms with van der Waals surface area (Å²) in [6, 6.07) is -0.125. The molecule has 0 aromatic rings. The number of fused-ring (bicyclic) bond motifs is 1. The van der Waals surface area contributed by atoms with Crippen molar-refractivity contribution >= 4 is 11.9 Å². The van der Waals surface area contributed by atoms with Gasteiger partial charge in [0.1, 0.15) is 12.0 Å². The van der Waals surface area contributed by atoms with E-state index in [1.165, 1.54) is 12.2 Å². The average molecular weight is 348 g/mol. The predicted molar refractivity (Wildman–Crippen MR) is 102 cm³/mol. The highest BCUT2D eigenvalue weighted by molar-refractivity contribution is 5.87. The highest BCUT2D eigenvalue weighted by Crippen LogP contribution is 2.17. The molecular weight excluding hydrogens is 319 g/mol. The van der Waals surface area contributed by atoms with E-state index in [9.17, 15) is 9.18 Å². The van der Waals surface area contributed by atoms with Gasteiger partial charge in [0.2, 0.25) is 0 Å². The summed E-state index contributed by atoms with van der Waals surface area (Å²) in [5.74, 6) is 0.565. The molecule has 5 nitrogen and oxygen atoms in total. The highest BCUT2D eigenvalue weighted by atomic mass is 19.1. The number of hydrogen-bond donors (Lipinski definition) is 2. The quantitative estimate of drug-likeness (QED) is 0.737. The molecule has 1 fully saturated rings. The van der Waals surface area contributed by atoms with Crippen molar-refractivity contribution in [1.29, 1.82) is 0 Å². The van der Waals surface area contributed by atoms with Crippen LogP contribution in [0.4, 0.5) is 9.18 Å². The fraction of sp³-hybridized carbons (Fsp3) is 0.474. The van der Waals surface area contributed by atoms with E-state index < -0.39 is 0 Å². The molecule has 2 aliphatic heterocycles. The maximum absolute atomic E-state index is 13.4. The Hall–Kier alpha value is -2.37. The summed E-state index contributed by atoms with van der Waals surface area (Å²) in [4.78, 5) is 17.8. The number of hydrogen-bond acceptors (Lipinski definition) is 3. The molecule has 0 aliphatic carbocycles. The smallest absolute Gasteiger partial charge is 0.323 e. The van der Waals surface area contributed by atoms with Crippen LogP contribution in [0.2, 0.25) is 0 Å². The van der Waals surface area contributed by atoms with Gasteiger partial charge in [-0.15, -0.1) is 0 Å². The molecule has 0 spiro atoms. The average Bonchev–Trinajstić information content (AvgIpc) is 2.78. The van der Waals surface area contributed by atoms with E-state index in [4.69, 9.17) is 0 Å². The lowest BCUT2D eigenvalue weighted by Crippen LogP contribution is -2.42. The lowest BCUT2D eigenvalue weighted by molar-refractivity contribution is 0.229. The highest BCUT2D eigenvalue weighted by Gasteiger charge is 2.32. The molecule has 25 heavy (non-hydrogen) atoms. The fourth-order valence-corrected chi connectivity index (χ4v) is 2.52. The van der Waals surface area contributed by atoms with Crippen LogP contribution in [-0.2, 0) is 0 Å².